The van der Waals surface area contributed by atoms with Crippen LogP contribution in [-0.4, -0.2) is 11.5 Å². The van der Waals surface area contributed by atoms with E-state index in [2.05, 4.69) is 66.6 Å². The number of hydrogen-bond acceptors (Lipinski definition) is 2. The van der Waals surface area contributed by atoms with Gasteiger partial charge in [-0.25, -0.2) is 0 Å². The normalized spacial score (nSPS) is 11.0. The van der Waals surface area contributed by atoms with Crippen LogP contribution in [0.15, 0.2) is 54.9 Å². The second-order valence-electron chi connectivity index (χ2n) is 5.34. The Morgan fingerprint density at radius 2 is 1.81 bits per heavy atom. The second kappa shape index (κ2) is 6.06. The molecule has 0 unspecified atom stereocenters. The molecule has 0 aliphatic rings. The molecule has 0 saturated carbocycles. The number of fused-ring (bicyclic) bond motifs is 1. The van der Waals surface area contributed by atoms with Crippen molar-refractivity contribution in [1.82, 2.24) is 10.3 Å². The van der Waals surface area contributed by atoms with Gasteiger partial charge in [-0.05, 0) is 47.0 Å². The summed E-state index contributed by atoms with van der Waals surface area (Å²) in [5.74, 6) is 0. The lowest BCUT2D eigenvalue weighted by Crippen LogP contribution is -2.11. The predicted molar refractivity (Wildman–Crippen MR) is 89.3 cm³/mol. The van der Waals surface area contributed by atoms with E-state index >= 15 is 0 Å². The maximum atomic E-state index is 4.40. The van der Waals surface area contributed by atoms with Gasteiger partial charge in [0.1, 0.15) is 0 Å². The highest BCUT2D eigenvalue weighted by atomic mass is 14.8. The fraction of sp³-hybridized carbons (Fsp3) is 0.211. The molecular formula is C19H20N2. The summed E-state index contributed by atoms with van der Waals surface area (Å²) in [6.07, 6.45) is 3.88. The van der Waals surface area contributed by atoms with E-state index in [9.17, 15) is 0 Å². The van der Waals surface area contributed by atoms with Crippen molar-refractivity contribution >= 4 is 10.8 Å². The average molecular weight is 276 g/mol. The number of hydrogen-bond donors (Lipinski definition) is 1. The number of pyridine rings is 1. The van der Waals surface area contributed by atoms with Crippen molar-refractivity contribution in [3.63, 3.8) is 0 Å². The first-order valence-corrected chi connectivity index (χ1v) is 7.43. The summed E-state index contributed by atoms with van der Waals surface area (Å²) in [5, 5.41) is 5.95. The fourth-order valence-electron chi connectivity index (χ4n) is 2.70. The molecule has 1 aromatic heterocycles. The Morgan fingerprint density at radius 1 is 1.00 bits per heavy atom. The lowest BCUT2D eigenvalue weighted by atomic mass is 9.96. The molecule has 1 N–H and O–H groups in total. The van der Waals surface area contributed by atoms with Gasteiger partial charge in [-0.1, -0.05) is 43.3 Å². The molecule has 3 rings (SSSR count). The van der Waals surface area contributed by atoms with Gasteiger partial charge in [0.15, 0.2) is 0 Å². The molecule has 0 atom stereocenters. The Morgan fingerprint density at radius 3 is 2.62 bits per heavy atom. The molecule has 0 radical (unpaired) electrons. The Kier molecular flexibility index (Phi) is 3.98. The Hall–Kier alpha value is -2.19. The van der Waals surface area contributed by atoms with E-state index in [4.69, 9.17) is 0 Å². The smallest absolute Gasteiger partial charge is 0.0346 e. The minimum atomic E-state index is 0.862. The van der Waals surface area contributed by atoms with Crippen LogP contribution in [-0.2, 0) is 6.54 Å². The van der Waals surface area contributed by atoms with E-state index in [1.165, 1.54) is 33.0 Å². The zero-order valence-corrected chi connectivity index (χ0v) is 12.6. The Balaban J connectivity index is 2.10. The van der Waals surface area contributed by atoms with Gasteiger partial charge in [0.05, 0.1) is 0 Å². The molecule has 0 aliphatic heterocycles. The van der Waals surface area contributed by atoms with Crippen LogP contribution in [0.1, 0.15) is 18.1 Å². The van der Waals surface area contributed by atoms with Gasteiger partial charge in [-0.3, -0.25) is 4.98 Å². The van der Waals surface area contributed by atoms with E-state index in [-0.39, 0.29) is 0 Å². The molecule has 2 nitrogen and oxygen atoms in total. The van der Waals surface area contributed by atoms with E-state index in [1.807, 2.05) is 12.4 Å². The highest BCUT2D eigenvalue weighted by Crippen LogP contribution is 2.30. The molecule has 106 valence electrons. The van der Waals surface area contributed by atoms with Gasteiger partial charge in [0.2, 0.25) is 0 Å². The number of aromatic nitrogens is 1. The molecule has 2 aromatic carbocycles. The van der Waals surface area contributed by atoms with Crippen LogP contribution in [0, 0.1) is 6.92 Å². The first-order valence-electron chi connectivity index (χ1n) is 7.43. The van der Waals surface area contributed by atoms with Gasteiger partial charge in [0.25, 0.3) is 0 Å². The zero-order valence-electron chi connectivity index (χ0n) is 12.6. The molecule has 0 amide bonds. The van der Waals surface area contributed by atoms with E-state index in [0.717, 1.165) is 13.1 Å². The van der Waals surface area contributed by atoms with Gasteiger partial charge in [0, 0.05) is 24.5 Å². The van der Waals surface area contributed by atoms with Crippen LogP contribution in [0.2, 0.25) is 0 Å². The molecule has 3 aromatic rings. The largest absolute Gasteiger partial charge is 0.313 e. The number of benzene rings is 2. The first-order chi connectivity index (χ1) is 10.3. The van der Waals surface area contributed by atoms with Crippen LogP contribution in [0.3, 0.4) is 0 Å². The van der Waals surface area contributed by atoms with Gasteiger partial charge < -0.3 is 5.32 Å². The fourth-order valence-corrected chi connectivity index (χ4v) is 2.70. The van der Waals surface area contributed by atoms with Crippen molar-refractivity contribution in [2.24, 2.45) is 0 Å². The molecule has 21 heavy (non-hydrogen) atoms. The third-order valence-corrected chi connectivity index (χ3v) is 3.83. The lowest BCUT2D eigenvalue weighted by molar-refractivity contribution is 0.724. The SMILES string of the molecule is CCNCc1cncc(-c2ccc(C)c3ccccc23)c1. The molecule has 0 saturated heterocycles. The van der Waals surface area contributed by atoms with Crippen LogP contribution >= 0.6 is 0 Å². The van der Waals surface area contributed by atoms with Gasteiger partial charge in [-0.15, -0.1) is 0 Å². The van der Waals surface area contributed by atoms with E-state index < -0.39 is 0 Å². The Bertz CT molecular complexity index is 762. The summed E-state index contributed by atoms with van der Waals surface area (Å²) >= 11 is 0. The molecule has 0 fully saturated rings. The first kappa shape index (κ1) is 13.8. The van der Waals surface area contributed by atoms with E-state index in [0.29, 0.717) is 0 Å². The maximum absolute atomic E-state index is 4.40. The maximum Gasteiger partial charge on any atom is 0.0346 e. The minimum Gasteiger partial charge on any atom is -0.313 e. The van der Waals surface area contributed by atoms with Crippen LogP contribution in [0.5, 0.6) is 0 Å². The van der Waals surface area contributed by atoms with Crippen molar-refractivity contribution in [3.05, 3.63) is 66.0 Å². The van der Waals surface area contributed by atoms with Crippen molar-refractivity contribution in [3.8, 4) is 11.1 Å². The molecular weight excluding hydrogens is 256 g/mol. The molecule has 2 heteroatoms. The standard InChI is InChI=1S/C19H20N2/c1-3-20-11-15-10-16(13-21-12-15)18-9-8-14(2)17-6-4-5-7-19(17)18/h4-10,12-13,20H,3,11H2,1-2H3. The summed E-state index contributed by atoms with van der Waals surface area (Å²) in [5.41, 5.74) is 4.97. The topological polar surface area (TPSA) is 24.9 Å². The molecule has 0 spiro atoms. The third kappa shape index (κ3) is 2.81. The lowest BCUT2D eigenvalue weighted by Gasteiger charge is -2.10. The third-order valence-electron chi connectivity index (χ3n) is 3.83. The average Bonchev–Trinajstić information content (AvgIpc) is 2.54. The van der Waals surface area contributed by atoms with Gasteiger partial charge in [-0.2, -0.15) is 0 Å². The summed E-state index contributed by atoms with van der Waals surface area (Å²) in [6.45, 7) is 6.11. The van der Waals surface area contributed by atoms with Gasteiger partial charge >= 0.3 is 0 Å². The quantitative estimate of drug-likeness (QED) is 0.767. The van der Waals surface area contributed by atoms with E-state index in [1.54, 1.807) is 0 Å². The summed E-state index contributed by atoms with van der Waals surface area (Å²) in [6, 6.07) is 15.2. The highest BCUT2D eigenvalue weighted by molar-refractivity contribution is 5.98. The highest BCUT2D eigenvalue weighted by Gasteiger charge is 2.06. The van der Waals surface area contributed by atoms with Crippen LogP contribution in [0.4, 0.5) is 0 Å². The summed E-state index contributed by atoms with van der Waals surface area (Å²) < 4.78 is 0. The second-order valence-corrected chi connectivity index (χ2v) is 5.34. The number of nitrogens with one attached hydrogen (secondary N) is 1. The monoisotopic (exact) mass is 276 g/mol. The van der Waals surface area contributed by atoms with Crippen LogP contribution < -0.4 is 5.32 Å². The number of aryl methyl sites for hydroxylation is 1. The van der Waals surface area contributed by atoms with Crippen LogP contribution in [0.25, 0.3) is 21.9 Å². The number of rotatable bonds is 4. The zero-order chi connectivity index (χ0) is 14.7. The predicted octanol–water partition coefficient (Wildman–Crippen LogP) is 4.32. The molecule has 1 heterocycles. The molecule has 0 bridgehead atoms. The van der Waals surface area contributed by atoms with Crippen molar-refractivity contribution in [1.29, 1.82) is 0 Å². The minimum absolute atomic E-state index is 0.862. The summed E-state index contributed by atoms with van der Waals surface area (Å²) in [4.78, 5) is 4.40. The molecule has 0 aliphatic carbocycles. The summed E-state index contributed by atoms with van der Waals surface area (Å²) in [7, 11) is 0. The van der Waals surface area contributed by atoms with Crippen molar-refractivity contribution in [2.75, 3.05) is 6.54 Å². The van der Waals surface area contributed by atoms with Crippen molar-refractivity contribution in [2.45, 2.75) is 20.4 Å². The number of nitrogens with zero attached hydrogens (tertiary/aromatic N) is 1. The Labute approximate surface area is 125 Å². The van der Waals surface area contributed by atoms with Crippen molar-refractivity contribution < 1.29 is 0 Å².